The number of carbonyl (C=O) groups excluding carboxylic acids is 2. The number of hydrogen-bond acceptors (Lipinski definition) is 5. The lowest BCUT2D eigenvalue weighted by Gasteiger charge is -2.13. The minimum Gasteiger partial charge on any atom is -0.481 e. The summed E-state index contributed by atoms with van der Waals surface area (Å²) in [7, 11) is 0. The third-order valence-corrected chi connectivity index (χ3v) is 5.18. The fourth-order valence-electron chi connectivity index (χ4n) is 2.89. The zero-order valence-corrected chi connectivity index (χ0v) is 17.1. The second-order valence-corrected chi connectivity index (χ2v) is 7.59. The Morgan fingerprint density at radius 2 is 1.70 bits per heavy atom. The summed E-state index contributed by atoms with van der Waals surface area (Å²) >= 11 is 1.13. The quantitative estimate of drug-likeness (QED) is 0.514. The molecule has 3 rings (SSSR count). The fourth-order valence-corrected chi connectivity index (χ4v) is 3.62. The lowest BCUT2D eigenvalue weighted by atomic mass is 9.97. The first-order valence-corrected chi connectivity index (χ1v) is 10.2. The first kappa shape index (κ1) is 21.2. The lowest BCUT2D eigenvalue weighted by molar-refractivity contribution is -0.141. The van der Waals surface area contributed by atoms with E-state index in [1.54, 1.807) is 0 Å². The summed E-state index contributed by atoms with van der Waals surface area (Å²) < 4.78 is 0. The van der Waals surface area contributed by atoms with Gasteiger partial charge in [0.1, 0.15) is 5.69 Å². The van der Waals surface area contributed by atoms with Crippen LogP contribution in [0.2, 0.25) is 0 Å². The van der Waals surface area contributed by atoms with Crippen molar-refractivity contribution in [1.29, 1.82) is 0 Å². The maximum Gasteiger partial charge on any atom is 0.308 e. The largest absolute Gasteiger partial charge is 0.481 e. The second kappa shape index (κ2) is 9.80. The molecular formula is C22H21N3O4S. The molecule has 0 aliphatic carbocycles. The maximum absolute atomic E-state index is 12.3. The smallest absolute Gasteiger partial charge is 0.308 e. The highest BCUT2D eigenvalue weighted by molar-refractivity contribution is 7.14. The monoisotopic (exact) mass is 423 g/mol. The summed E-state index contributed by atoms with van der Waals surface area (Å²) in [4.78, 5) is 39.0. The Hall–Kier alpha value is -3.52. The van der Waals surface area contributed by atoms with Gasteiger partial charge in [0.15, 0.2) is 5.13 Å². The number of nitrogens with zero attached hydrogens (tertiary/aromatic N) is 1. The van der Waals surface area contributed by atoms with E-state index in [2.05, 4.69) is 15.6 Å². The number of rotatable bonds is 8. The van der Waals surface area contributed by atoms with Crippen molar-refractivity contribution < 1.29 is 19.5 Å². The van der Waals surface area contributed by atoms with Gasteiger partial charge in [0.2, 0.25) is 5.91 Å². The molecule has 0 fully saturated rings. The van der Waals surface area contributed by atoms with Gasteiger partial charge in [-0.3, -0.25) is 14.4 Å². The normalized spacial score (nSPS) is 11.5. The zero-order valence-electron chi connectivity index (χ0n) is 16.3. The highest BCUT2D eigenvalue weighted by Gasteiger charge is 2.20. The van der Waals surface area contributed by atoms with Crippen LogP contribution in [-0.2, 0) is 16.0 Å². The van der Waals surface area contributed by atoms with Gasteiger partial charge in [0.05, 0.1) is 5.92 Å². The van der Waals surface area contributed by atoms with Crippen molar-refractivity contribution >= 4 is 34.3 Å². The average Bonchev–Trinajstić information content (AvgIpc) is 3.19. The minimum absolute atomic E-state index is 0.0262. The fraction of sp³-hybridized carbons (Fsp3) is 0.182. The van der Waals surface area contributed by atoms with E-state index in [0.717, 1.165) is 28.0 Å². The first-order chi connectivity index (χ1) is 14.4. The standard InChI is InChI=1S/C22H21N3O4S/c1-14(26)24-22-25-19(13-30-22)20(27)23-12-18(21(28)29)11-15-7-9-17(10-8-15)16-5-3-2-4-6-16/h2-10,13,18H,11-12H2,1H3,(H,23,27)(H,28,29)(H,24,25,26). The predicted octanol–water partition coefficient (Wildman–Crippen LogP) is 3.44. The molecule has 0 saturated heterocycles. The molecule has 30 heavy (non-hydrogen) atoms. The van der Waals surface area contributed by atoms with E-state index in [9.17, 15) is 19.5 Å². The van der Waals surface area contributed by atoms with E-state index in [-0.39, 0.29) is 18.1 Å². The minimum atomic E-state index is -0.986. The van der Waals surface area contributed by atoms with Crippen LogP contribution >= 0.6 is 11.3 Å². The number of hydrogen-bond donors (Lipinski definition) is 3. The summed E-state index contributed by atoms with van der Waals surface area (Å²) in [5.74, 6) is -2.52. The van der Waals surface area contributed by atoms with Gasteiger partial charge < -0.3 is 15.7 Å². The topological polar surface area (TPSA) is 108 Å². The Balaban J connectivity index is 1.59. The number of aliphatic carboxylic acids is 1. The van der Waals surface area contributed by atoms with Crippen LogP contribution in [0.25, 0.3) is 11.1 Å². The van der Waals surface area contributed by atoms with Gasteiger partial charge in [-0.25, -0.2) is 4.98 Å². The van der Waals surface area contributed by atoms with Gasteiger partial charge in [-0.1, -0.05) is 54.6 Å². The third-order valence-electron chi connectivity index (χ3n) is 4.42. The molecule has 0 aliphatic heterocycles. The molecule has 1 heterocycles. The van der Waals surface area contributed by atoms with Crippen LogP contribution in [0, 0.1) is 5.92 Å². The van der Waals surface area contributed by atoms with Gasteiger partial charge in [-0.2, -0.15) is 0 Å². The van der Waals surface area contributed by atoms with Gasteiger partial charge in [0, 0.05) is 18.8 Å². The summed E-state index contributed by atoms with van der Waals surface area (Å²) in [6, 6.07) is 17.6. The molecule has 1 atom stereocenters. The third kappa shape index (κ3) is 5.74. The van der Waals surface area contributed by atoms with Gasteiger partial charge in [-0.05, 0) is 23.1 Å². The van der Waals surface area contributed by atoms with E-state index < -0.39 is 17.8 Å². The van der Waals surface area contributed by atoms with Gasteiger partial charge >= 0.3 is 5.97 Å². The van der Waals surface area contributed by atoms with Crippen LogP contribution in [0.15, 0.2) is 60.0 Å². The van der Waals surface area contributed by atoms with E-state index >= 15 is 0 Å². The number of nitrogens with one attached hydrogen (secondary N) is 2. The molecular weight excluding hydrogens is 402 g/mol. The van der Waals surface area contributed by atoms with Crippen LogP contribution in [0.3, 0.4) is 0 Å². The van der Waals surface area contributed by atoms with Crippen LogP contribution < -0.4 is 10.6 Å². The van der Waals surface area contributed by atoms with E-state index in [1.165, 1.54) is 12.3 Å². The SMILES string of the molecule is CC(=O)Nc1nc(C(=O)NCC(Cc2ccc(-c3ccccc3)cc2)C(=O)O)cs1. The van der Waals surface area contributed by atoms with Crippen molar-refractivity contribution in [2.24, 2.45) is 5.92 Å². The number of benzene rings is 2. The molecule has 7 nitrogen and oxygen atoms in total. The molecule has 0 aliphatic rings. The van der Waals surface area contributed by atoms with Crippen LogP contribution in [0.4, 0.5) is 5.13 Å². The molecule has 0 bridgehead atoms. The molecule has 2 amide bonds. The Morgan fingerprint density at radius 1 is 1.03 bits per heavy atom. The molecule has 3 N–H and O–H groups in total. The Kier molecular flexibility index (Phi) is 6.92. The number of anilines is 1. The first-order valence-electron chi connectivity index (χ1n) is 9.31. The maximum atomic E-state index is 12.3. The Bertz CT molecular complexity index is 1030. The van der Waals surface area contributed by atoms with Crippen molar-refractivity contribution in [2.45, 2.75) is 13.3 Å². The van der Waals surface area contributed by atoms with Crippen molar-refractivity contribution in [3.63, 3.8) is 0 Å². The number of amides is 2. The van der Waals surface area contributed by atoms with Gasteiger partial charge in [-0.15, -0.1) is 11.3 Å². The summed E-state index contributed by atoms with van der Waals surface area (Å²) in [5, 5.41) is 16.5. The van der Waals surface area contributed by atoms with E-state index in [1.807, 2.05) is 54.6 Å². The summed E-state index contributed by atoms with van der Waals surface area (Å²) in [5.41, 5.74) is 3.16. The molecule has 2 aromatic carbocycles. The van der Waals surface area contributed by atoms with Crippen molar-refractivity contribution in [3.8, 4) is 11.1 Å². The summed E-state index contributed by atoms with van der Waals surface area (Å²) in [6.07, 6.45) is 0.291. The van der Waals surface area contributed by atoms with E-state index in [4.69, 9.17) is 0 Å². The second-order valence-electron chi connectivity index (χ2n) is 6.73. The molecule has 154 valence electrons. The van der Waals surface area contributed by atoms with Crippen LogP contribution in [0.5, 0.6) is 0 Å². The highest BCUT2D eigenvalue weighted by Crippen LogP contribution is 2.20. The number of carboxylic acid groups (broad SMARTS) is 1. The van der Waals surface area contributed by atoms with Crippen molar-refractivity contribution in [1.82, 2.24) is 10.3 Å². The molecule has 1 aromatic heterocycles. The molecule has 0 radical (unpaired) electrons. The summed E-state index contributed by atoms with van der Waals surface area (Å²) in [6.45, 7) is 1.33. The molecule has 8 heteroatoms. The van der Waals surface area contributed by atoms with Crippen molar-refractivity contribution in [3.05, 3.63) is 71.2 Å². The number of carboxylic acids is 1. The van der Waals surface area contributed by atoms with Gasteiger partial charge in [0.25, 0.3) is 5.91 Å². The Labute approximate surface area is 177 Å². The predicted molar refractivity (Wildman–Crippen MR) is 115 cm³/mol. The highest BCUT2D eigenvalue weighted by atomic mass is 32.1. The number of carbonyl (C=O) groups is 3. The van der Waals surface area contributed by atoms with Crippen LogP contribution in [0.1, 0.15) is 23.0 Å². The molecule has 0 saturated carbocycles. The zero-order chi connectivity index (χ0) is 21.5. The van der Waals surface area contributed by atoms with E-state index in [0.29, 0.717) is 11.6 Å². The lowest BCUT2D eigenvalue weighted by Crippen LogP contribution is -2.34. The molecule has 3 aromatic rings. The van der Waals surface area contributed by atoms with Crippen LogP contribution in [-0.4, -0.2) is 34.4 Å². The molecule has 1 unspecified atom stereocenters. The molecule has 0 spiro atoms. The number of aromatic nitrogens is 1. The van der Waals surface area contributed by atoms with Crippen molar-refractivity contribution in [2.75, 3.05) is 11.9 Å². The number of thiazole rings is 1. The average molecular weight is 423 g/mol. The Morgan fingerprint density at radius 3 is 2.33 bits per heavy atom.